The number of aromatic nitrogens is 3. The van der Waals surface area contributed by atoms with Crippen molar-refractivity contribution < 1.29 is 9.47 Å². The lowest BCUT2D eigenvalue weighted by atomic mass is 9.96. The molecule has 17 heavy (non-hydrogen) atoms. The fraction of sp³-hybridized carbons (Fsp3) is 0.727. The van der Waals surface area contributed by atoms with Crippen LogP contribution in [0.15, 0.2) is 0 Å². The highest BCUT2D eigenvalue weighted by atomic mass is 16.6. The summed E-state index contributed by atoms with van der Waals surface area (Å²) >= 11 is 0. The SMILES string of the molecule is CC(C)(C)c1nc(N)nc(C2COCCO2)n1. The van der Waals surface area contributed by atoms with Gasteiger partial charge in [0, 0.05) is 5.41 Å². The normalized spacial score (nSPS) is 21.5. The summed E-state index contributed by atoms with van der Waals surface area (Å²) in [6.45, 7) is 7.73. The van der Waals surface area contributed by atoms with Crippen LogP contribution in [0, 0.1) is 0 Å². The molecule has 0 bridgehead atoms. The lowest BCUT2D eigenvalue weighted by Gasteiger charge is -2.23. The van der Waals surface area contributed by atoms with E-state index in [1.54, 1.807) is 0 Å². The smallest absolute Gasteiger partial charge is 0.223 e. The zero-order valence-corrected chi connectivity index (χ0v) is 10.4. The molecule has 0 radical (unpaired) electrons. The molecule has 1 aromatic heterocycles. The van der Waals surface area contributed by atoms with Crippen LogP contribution in [0.25, 0.3) is 0 Å². The van der Waals surface area contributed by atoms with Crippen LogP contribution in [0.4, 0.5) is 5.95 Å². The quantitative estimate of drug-likeness (QED) is 0.780. The van der Waals surface area contributed by atoms with Crippen LogP contribution >= 0.6 is 0 Å². The van der Waals surface area contributed by atoms with E-state index in [9.17, 15) is 0 Å². The highest BCUT2D eigenvalue weighted by Gasteiger charge is 2.24. The number of hydrogen-bond donors (Lipinski definition) is 1. The Kier molecular flexibility index (Phi) is 3.26. The van der Waals surface area contributed by atoms with Crippen molar-refractivity contribution in [1.82, 2.24) is 15.0 Å². The Bertz CT molecular complexity index is 397. The van der Waals surface area contributed by atoms with E-state index in [4.69, 9.17) is 15.2 Å². The zero-order chi connectivity index (χ0) is 12.5. The van der Waals surface area contributed by atoms with E-state index in [1.165, 1.54) is 0 Å². The molecule has 94 valence electrons. The van der Waals surface area contributed by atoms with Crippen molar-refractivity contribution in [2.45, 2.75) is 32.3 Å². The average molecular weight is 238 g/mol. The third kappa shape index (κ3) is 2.89. The number of nitrogens with two attached hydrogens (primary N) is 1. The van der Waals surface area contributed by atoms with Gasteiger partial charge in [0.1, 0.15) is 11.9 Å². The molecular weight excluding hydrogens is 220 g/mol. The predicted octanol–water partition coefficient (Wildman–Crippen LogP) is 0.839. The summed E-state index contributed by atoms with van der Waals surface area (Å²) < 4.78 is 10.9. The van der Waals surface area contributed by atoms with Crippen LogP contribution < -0.4 is 5.73 Å². The maximum atomic E-state index is 5.70. The molecule has 0 aromatic carbocycles. The second-order valence-electron chi connectivity index (χ2n) is 5.06. The molecule has 1 atom stereocenters. The van der Waals surface area contributed by atoms with E-state index >= 15 is 0 Å². The number of nitrogen functional groups attached to an aromatic ring is 1. The lowest BCUT2D eigenvalue weighted by molar-refractivity contribution is -0.0936. The molecule has 1 aliphatic heterocycles. The summed E-state index contributed by atoms with van der Waals surface area (Å²) in [5.41, 5.74) is 5.54. The molecule has 1 aliphatic rings. The van der Waals surface area contributed by atoms with Gasteiger partial charge < -0.3 is 15.2 Å². The largest absolute Gasteiger partial charge is 0.376 e. The Morgan fingerprint density at radius 1 is 1.18 bits per heavy atom. The highest BCUT2D eigenvalue weighted by molar-refractivity contribution is 5.19. The molecule has 1 saturated heterocycles. The molecule has 0 aliphatic carbocycles. The summed E-state index contributed by atoms with van der Waals surface area (Å²) in [4.78, 5) is 12.7. The molecule has 1 unspecified atom stereocenters. The van der Waals surface area contributed by atoms with Crippen LogP contribution in [-0.2, 0) is 14.9 Å². The van der Waals surface area contributed by atoms with E-state index in [2.05, 4.69) is 15.0 Å². The minimum atomic E-state index is -0.241. The molecule has 0 spiro atoms. The van der Waals surface area contributed by atoms with Gasteiger partial charge in [0.2, 0.25) is 5.95 Å². The maximum Gasteiger partial charge on any atom is 0.223 e. The zero-order valence-electron chi connectivity index (χ0n) is 10.4. The summed E-state index contributed by atoms with van der Waals surface area (Å²) in [5.74, 6) is 1.46. The monoisotopic (exact) mass is 238 g/mol. The maximum absolute atomic E-state index is 5.70. The van der Waals surface area contributed by atoms with E-state index in [-0.39, 0.29) is 17.5 Å². The Hall–Kier alpha value is -1.27. The standard InChI is InChI=1S/C11H18N4O2/c1-11(2,3)9-13-8(14-10(12)15-9)7-6-16-4-5-17-7/h7H,4-6H2,1-3H3,(H2,12,13,14,15). The van der Waals surface area contributed by atoms with Crippen molar-refractivity contribution in [2.24, 2.45) is 0 Å². The van der Waals surface area contributed by atoms with Gasteiger partial charge in [0.05, 0.1) is 19.8 Å². The summed E-state index contributed by atoms with van der Waals surface area (Å²) in [6.07, 6.45) is -0.241. The summed E-state index contributed by atoms with van der Waals surface area (Å²) in [7, 11) is 0. The van der Waals surface area contributed by atoms with Crippen molar-refractivity contribution in [1.29, 1.82) is 0 Å². The first-order valence-corrected chi connectivity index (χ1v) is 5.68. The molecule has 6 heteroatoms. The molecule has 2 heterocycles. The van der Waals surface area contributed by atoms with E-state index in [0.717, 1.165) is 0 Å². The van der Waals surface area contributed by atoms with Gasteiger partial charge >= 0.3 is 0 Å². The van der Waals surface area contributed by atoms with Crippen LogP contribution in [0.1, 0.15) is 38.5 Å². The first-order chi connectivity index (χ1) is 7.97. The second-order valence-corrected chi connectivity index (χ2v) is 5.06. The summed E-state index contributed by atoms with van der Waals surface area (Å²) in [6, 6.07) is 0. The van der Waals surface area contributed by atoms with Crippen LogP contribution in [0.5, 0.6) is 0 Å². The molecule has 1 fully saturated rings. The van der Waals surface area contributed by atoms with Gasteiger partial charge in [-0.3, -0.25) is 0 Å². The Labute approximate surface area is 101 Å². The number of rotatable bonds is 1. The number of hydrogen-bond acceptors (Lipinski definition) is 6. The fourth-order valence-electron chi connectivity index (χ4n) is 1.53. The van der Waals surface area contributed by atoms with Crippen molar-refractivity contribution in [2.75, 3.05) is 25.6 Å². The van der Waals surface area contributed by atoms with Gasteiger partial charge in [-0.15, -0.1) is 0 Å². The van der Waals surface area contributed by atoms with E-state index in [0.29, 0.717) is 31.5 Å². The minimum absolute atomic E-state index is 0.165. The second kappa shape index (κ2) is 4.54. The van der Waals surface area contributed by atoms with Crippen molar-refractivity contribution in [3.63, 3.8) is 0 Å². The Balaban J connectivity index is 2.31. The van der Waals surface area contributed by atoms with Crippen LogP contribution in [-0.4, -0.2) is 34.8 Å². The molecule has 2 rings (SSSR count). The molecule has 6 nitrogen and oxygen atoms in total. The topological polar surface area (TPSA) is 83.2 Å². The summed E-state index contributed by atoms with van der Waals surface area (Å²) in [5, 5.41) is 0. The molecule has 0 saturated carbocycles. The molecule has 1 aromatic rings. The van der Waals surface area contributed by atoms with E-state index < -0.39 is 0 Å². The van der Waals surface area contributed by atoms with Gasteiger partial charge in [-0.1, -0.05) is 20.8 Å². The van der Waals surface area contributed by atoms with Crippen molar-refractivity contribution in [3.8, 4) is 0 Å². The van der Waals surface area contributed by atoms with Crippen molar-refractivity contribution >= 4 is 5.95 Å². The Morgan fingerprint density at radius 2 is 1.94 bits per heavy atom. The third-order valence-corrected chi connectivity index (χ3v) is 2.44. The van der Waals surface area contributed by atoms with Gasteiger partial charge in [-0.05, 0) is 0 Å². The minimum Gasteiger partial charge on any atom is -0.376 e. The van der Waals surface area contributed by atoms with E-state index in [1.807, 2.05) is 20.8 Å². The number of anilines is 1. The highest BCUT2D eigenvalue weighted by Crippen LogP contribution is 2.22. The Morgan fingerprint density at radius 3 is 2.53 bits per heavy atom. The average Bonchev–Trinajstić information content (AvgIpc) is 2.28. The first-order valence-electron chi connectivity index (χ1n) is 5.68. The third-order valence-electron chi connectivity index (χ3n) is 2.44. The molecule has 0 amide bonds. The number of ether oxygens (including phenoxy) is 2. The van der Waals surface area contributed by atoms with Gasteiger partial charge in [0.25, 0.3) is 0 Å². The number of nitrogens with zero attached hydrogens (tertiary/aromatic N) is 3. The first kappa shape index (κ1) is 12.2. The van der Waals surface area contributed by atoms with Crippen LogP contribution in [0.2, 0.25) is 0 Å². The van der Waals surface area contributed by atoms with Crippen molar-refractivity contribution in [3.05, 3.63) is 11.6 Å². The van der Waals surface area contributed by atoms with Gasteiger partial charge in [0.15, 0.2) is 5.82 Å². The molecule has 2 N–H and O–H groups in total. The van der Waals surface area contributed by atoms with Gasteiger partial charge in [-0.25, -0.2) is 4.98 Å². The van der Waals surface area contributed by atoms with Crippen LogP contribution in [0.3, 0.4) is 0 Å². The molecular formula is C11H18N4O2. The fourth-order valence-corrected chi connectivity index (χ4v) is 1.53. The predicted molar refractivity (Wildman–Crippen MR) is 62.5 cm³/mol. The lowest BCUT2D eigenvalue weighted by Crippen LogP contribution is -2.26. The van der Waals surface area contributed by atoms with Gasteiger partial charge in [-0.2, -0.15) is 9.97 Å².